The van der Waals surface area contributed by atoms with Gasteiger partial charge in [-0.2, -0.15) is 13.2 Å². The Hall–Kier alpha value is -1.83. The van der Waals surface area contributed by atoms with E-state index in [0.717, 1.165) is 11.0 Å². The first-order valence-electron chi connectivity index (χ1n) is 6.46. The van der Waals surface area contributed by atoms with Gasteiger partial charge in [-0.1, -0.05) is 11.6 Å². The van der Waals surface area contributed by atoms with E-state index in [-0.39, 0.29) is 29.2 Å². The molecule has 1 unspecified atom stereocenters. The molecular formula is C13H13ClF3N3O2. The summed E-state index contributed by atoms with van der Waals surface area (Å²) in [6.45, 7) is 3.39. The number of rotatable bonds is 3. The molecule has 0 aliphatic carbocycles. The first-order valence-corrected chi connectivity index (χ1v) is 6.84. The zero-order valence-electron chi connectivity index (χ0n) is 11.7. The van der Waals surface area contributed by atoms with E-state index in [9.17, 15) is 22.8 Å². The molecule has 2 amide bonds. The molecule has 1 atom stereocenters. The standard InChI is InChI=1S/C13H13ClF3N3O2/c1-6(2)20-10(21)4-9(12(20)22)19-11-8(14)3-7(5-18-11)13(15,16)17/h3,5-6,9H,4H2,1-2H3,(H,18,19). The quantitative estimate of drug-likeness (QED) is 0.863. The Balaban J connectivity index is 2.19. The minimum Gasteiger partial charge on any atom is -0.357 e. The highest BCUT2D eigenvalue weighted by Crippen LogP contribution is 2.33. The van der Waals surface area contributed by atoms with Crippen molar-refractivity contribution >= 4 is 29.2 Å². The normalized spacial score (nSPS) is 19.2. The molecule has 22 heavy (non-hydrogen) atoms. The zero-order chi connectivity index (χ0) is 16.7. The van der Waals surface area contributed by atoms with Crippen molar-refractivity contribution in [1.82, 2.24) is 9.88 Å². The molecule has 5 nitrogen and oxygen atoms in total. The summed E-state index contributed by atoms with van der Waals surface area (Å²) < 4.78 is 37.6. The molecule has 1 fully saturated rings. The molecule has 1 aromatic heterocycles. The molecule has 9 heteroatoms. The molecular weight excluding hydrogens is 323 g/mol. The fourth-order valence-corrected chi connectivity index (χ4v) is 2.39. The molecule has 1 aliphatic rings. The van der Waals surface area contributed by atoms with Crippen molar-refractivity contribution < 1.29 is 22.8 Å². The van der Waals surface area contributed by atoms with E-state index in [4.69, 9.17) is 11.6 Å². The van der Waals surface area contributed by atoms with Crippen LogP contribution in [0.25, 0.3) is 0 Å². The third-order valence-corrected chi connectivity index (χ3v) is 3.47. The van der Waals surface area contributed by atoms with Crippen molar-refractivity contribution in [2.24, 2.45) is 0 Å². The lowest BCUT2D eigenvalue weighted by atomic mass is 10.2. The Morgan fingerprint density at radius 3 is 2.50 bits per heavy atom. The van der Waals surface area contributed by atoms with Crippen molar-refractivity contribution in [1.29, 1.82) is 0 Å². The van der Waals surface area contributed by atoms with Gasteiger partial charge < -0.3 is 5.32 Å². The van der Waals surface area contributed by atoms with Gasteiger partial charge in [-0.15, -0.1) is 0 Å². The van der Waals surface area contributed by atoms with Crippen LogP contribution in [0.1, 0.15) is 25.8 Å². The van der Waals surface area contributed by atoms with Crippen LogP contribution in [-0.4, -0.2) is 33.8 Å². The number of nitrogens with one attached hydrogen (secondary N) is 1. The van der Waals surface area contributed by atoms with E-state index >= 15 is 0 Å². The van der Waals surface area contributed by atoms with Gasteiger partial charge in [0.25, 0.3) is 5.91 Å². The fraction of sp³-hybridized carbons (Fsp3) is 0.462. The van der Waals surface area contributed by atoms with Crippen LogP contribution in [-0.2, 0) is 15.8 Å². The summed E-state index contributed by atoms with van der Waals surface area (Å²) >= 11 is 5.76. The molecule has 2 rings (SSSR count). The van der Waals surface area contributed by atoms with Crippen LogP contribution in [0.5, 0.6) is 0 Å². The molecule has 1 N–H and O–H groups in total. The molecule has 120 valence electrons. The Labute approximate surface area is 129 Å². The van der Waals surface area contributed by atoms with E-state index < -0.39 is 23.7 Å². The van der Waals surface area contributed by atoms with Crippen molar-refractivity contribution in [2.75, 3.05) is 5.32 Å². The van der Waals surface area contributed by atoms with Crippen LogP contribution in [0.15, 0.2) is 12.3 Å². The van der Waals surface area contributed by atoms with Gasteiger partial charge in [-0.3, -0.25) is 14.5 Å². The number of amides is 2. The van der Waals surface area contributed by atoms with Crippen LogP contribution in [0.4, 0.5) is 19.0 Å². The molecule has 0 aromatic carbocycles. The van der Waals surface area contributed by atoms with Gasteiger partial charge in [0.2, 0.25) is 5.91 Å². The Kier molecular flexibility index (Phi) is 4.32. The van der Waals surface area contributed by atoms with E-state index in [1.54, 1.807) is 13.8 Å². The lowest BCUT2D eigenvalue weighted by Crippen LogP contribution is -2.39. The van der Waals surface area contributed by atoms with E-state index in [2.05, 4.69) is 10.3 Å². The number of alkyl halides is 3. The number of halogens is 4. The molecule has 1 aromatic rings. The first kappa shape index (κ1) is 16.5. The number of pyridine rings is 1. The summed E-state index contributed by atoms with van der Waals surface area (Å²) in [6.07, 6.45) is -4.02. The molecule has 0 bridgehead atoms. The van der Waals surface area contributed by atoms with Gasteiger partial charge in [0.15, 0.2) is 0 Å². The summed E-state index contributed by atoms with van der Waals surface area (Å²) in [4.78, 5) is 28.6. The summed E-state index contributed by atoms with van der Waals surface area (Å²) in [5.41, 5.74) is -0.985. The predicted molar refractivity (Wildman–Crippen MR) is 73.3 cm³/mol. The van der Waals surface area contributed by atoms with Gasteiger partial charge in [-0.25, -0.2) is 4.98 Å². The number of carbonyl (C=O) groups excluding carboxylic acids is 2. The van der Waals surface area contributed by atoms with Crippen molar-refractivity contribution in [3.05, 3.63) is 22.8 Å². The number of anilines is 1. The molecule has 0 spiro atoms. The second kappa shape index (κ2) is 5.75. The van der Waals surface area contributed by atoms with Gasteiger partial charge in [0.1, 0.15) is 11.9 Å². The van der Waals surface area contributed by atoms with Crippen LogP contribution >= 0.6 is 11.6 Å². The number of nitrogens with zero attached hydrogens (tertiary/aromatic N) is 2. The topological polar surface area (TPSA) is 62.3 Å². The Bertz CT molecular complexity index is 619. The van der Waals surface area contributed by atoms with Crippen molar-refractivity contribution in [3.63, 3.8) is 0 Å². The number of aromatic nitrogens is 1. The smallest absolute Gasteiger partial charge is 0.357 e. The first-order chi connectivity index (χ1) is 10.1. The second-order valence-electron chi connectivity index (χ2n) is 5.15. The lowest BCUT2D eigenvalue weighted by Gasteiger charge is -2.19. The monoisotopic (exact) mass is 335 g/mol. The molecule has 0 saturated carbocycles. The molecule has 0 radical (unpaired) electrons. The summed E-state index contributed by atoms with van der Waals surface area (Å²) in [5, 5.41) is 2.36. The van der Waals surface area contributed by atoms with Gasteiger partial charge in [-0.05, 0) is 19.9 Å². The van der Waals surface area contributed by atoms with E-state index in [1.165, 1.54) is 0 Å². The highest BCUT2D eigenvalue weighted by molar-refractivity contribution is 6.33. The molecule has 1 aliphatic heterocycles. The van der Waals surface area contributed by atoms with Crippen molar-refractivity contribution in [3.8, 4) is 0 Å². The number of hydrogen-bond donors (Lipinski definition) is 1. The average molecular weight is 336 g/mol. The van der Waals surface area contributed by atoms with Gasteiger partial charge >= 0.3 is 6.18 Å². The van der Waals surface area contributed by atoms with Gasteiger partial charge in [0, 0.05) is 12.2 Å². The highest BCUT2D eigenvalue weighted by atomic mass is 35.5. The maximum absolute atomic E-state index is 12.5. The minimum absolute atomic E-state index is 0.0635. The number of hydrogen-bond acceptors (Lipinski definition) is 4. The largest absolute Gasteiger partial charge is 0.417 e. The number of likely N-dealkylation sites (tertiary alicyclic amines) is 1. The maximum Gasteiger partial charge on any atom is 0.417 e. The predicted octanol–water partition coefficient (Wildman–Crippen LogP) is 2.70. The average Bonchev–Trinajstić information content (AvgIpc) is 2.65. The van der Waals surface area contributed by atoms with Gasteiger partial charge in [0.05, 0.1) is 17.0 Å². The second-order valence-corrected chi connectivity index (χ2v) is 5.56. The van der Waals surface area contributed by atoms with Crippen LogP contribution < -0.4 is 5.32 Å². The van der Waals surface area contributed by atoms with E-state index in [1.807, 2.05) is 0 Å². The summed E-state index contributed by atoms with van der Waals surface area (Å²) in [7, 11) is 0. The van der Waals surface area contributed by atoms with E-state index in [0.29, 0.717) is 6.20 Å². The minimum atomic E-state index is -4.55. The Morgan fingerprint density at radius 2 is 2.05 bits per heavy atom. The number of imide groups is 1. The highest BCUT2D eigenvalue weighted by Gasteiger charge is 2.40. The summed E-state index contributed by atoms with van der Waals surface area (Å²) in [6, 6.07) is -0.447. The Morgan fingerprint density at radius 1 is 1.41 bits per heavy atom. The van der Waals surface area contributed by atoms with Crippen molar-refractivity contribution in [2.45, 2.75) is 38.5 Å². The lowest BCUT2D eigenvalue weighted by molar-refractivity contribution is -0.140. The fourth-order valence-electron chi connectivity index (χ4n) is 2.17. The molecule has 2 heterocycles. The SMILES string of the molecule is CC(C)N1C(=O)CC(Nc2ncc(C(F)(F)F)cc2Cl)C1=O. The third kappa shape index (κ3) is 3.16. The third-order valence-electron chi connectivity index (χ3n) is 3.18. The van der Waals surface area contributed by atoms with Crippen LogP contribution in [0.3, 0.4) is 0 Å². The maximum atomic E-state index is 12.5. The zero-order valence-corrected chi connectivity index (χ0v) is 12.5. The summed E-state index contributed by atoms with van der Waals surface area (Å²) in [5.74, 6) is -0.857. The molecule has 1 saturated heterocycles. The number of carbonyl (C=O) groups is 2. The van der Waals surface area contributed by atoms with Crippen LogP contribution in [0.2, 0.25) is 5.02 Å². The van der Waals surface area contributed by atoms with Crippen LogP contribution in [0, 0.1) is 0 Å².